The first-order valence-corrected chi connectivity index (χ1v) is 6.21. The number of hydrogen-bond donors (Lipinski definition) is 1. The maximum absolute atomic E-state index is 11.3. The van der Waals surface area contributed by atoms with E-state index in [1.807, 2.05) is 6.92 Å². The number of nitrogens with two attached hydrogens (primary N) is 1. The molecule has 0 saturated heterocycles. The molecule has 0 fully saturated rings. The lowest BCUT2D eigenvalue weighted by molar-refractivity contribution is -0.143. The zero-order chi connectivity index (χ0) is 12.3. The highest BCUT2D eigenvalue weighted by atomic mass is 35.5. The van der Waals surface area contributed by atoms with Crippen molar-refractivity contribution in [1.29, 1.82) is 0 Å². The van der Waals surface area contributed by atoms with Gasteiger partial charge in [-0.3, -0.25) is 4.79 Å². The van der Waals surface area contributed by atoms with Crippen LogP contribution in [0.2, 0.25) is 0 Å². The number of benzene rings is 1. The molecule has 4 heteroatoms. The van der Waals surface area contributed by atoms with Crippen molar-refractivity contribution in [2.45, 2.75) is 38.6 Å². The van der Waals surface area contributed by atoms with Crippen molar-refractivity contribution >= 4 is 18.4 Å². The van der Waals surface area contributed by atoms with Crippen LogP contribution in [-0.2, 0) is 28.8 Å². The largest absolute Gasteiger partial charge is 0.466 e. The predicted octanol–water partition coefficient (Wildman–Crippen LogP) is 2.03. The molecule has 1 unspecified atom stereocenters. The van der Waals surface area contributed by atoms with Crippen molar-refractivity contribution in [2.24, 2.45) is 5.73 Å². The minimum Gasteiger partial charge on any atom is -0.466 e. The average molecular weight is 270 g/mol. The Labute approximate surface area is 114 Å². The Morgan fingerprint density at radius 1 is 1.39 bits per heavy atom. The second-order valence-electron chi connectivity index (χ2n) is 4.58. The molecule has 1 atom stereocenters. The van der Waals surface area contributed by atoms with E-state index in [9.17, 15) is 4.79 Å². The fourth-order valence-corrected chi connectivity index (χ4v) is 2.34. The van der Waals surface area contributed by atoms with Crippen LogP contribution in [0.15, 0.2) is 18.2 Å². The molecular weight excluding hydrogens is 250 g/mol. The van der Waals surface area contributed by atoms with Gasteiger partial charge in [0.25, 0.3) is 0 Å². The third kappa shape index (κ3) is 3.72. The van der Waals surface area contributed by atoms with E-state index in [1.54, 1.807) is 0 Å². The molecular formula is C14H20ClNO2. The first-order chi connectivity index (χ1) is 8.19. The van der Waals surface area contributed by atoms with E-state index in [1.165, 1.54) is 16.7 Å². The van der Waals surface area contributed by atoms with E-state index < -0.39 is 0 Å². The Balaban J connectivity index is 0.00000162. The van der Waals surface area contributed by atoms with Crippen molar-refractivity contribution < 1.29 is 9.53 Å². The van der Waals surface area contributed by atoms with Crippen molar-refractivity contribution in [3.05, 3.63) is 34.9 Å². The van der Waals surface area contributed by atoms with Gasteiger partial charge in [-0.05, 0) is 42.9 Å². The molecule has 3 nitrogen and oxygen atoms in total. The van der Waals surface area contributed by atoms with Gasteiger partial charge in [0.15, 0.2) is 0 Å². The molecule has 18 heavy (non-hydrogen) atoms. The Morgan fingerprint density at radius 3 is 2.83 bits per heavy atom. The summed E-state index contributed by atoms with van der Waals surface area (Å²) in [5, 5.41) is 0. The van der Waals surface area contributed by atoms with Crippen LogP contribution in [0.1, 0.15) is 30.0 Å². The van der Waals surface area contributed by atoms with Crippen LogP contribution in [-0.4, -0.2) is 18.6 Å². The van der Waals surface area contributed by atoms with E-state index in [0.29, 0.717) is 13.0 Å². The first kappa shape index (κ1) is 15.0. The summed E-state index contributed by atoms with van der Waals surface area (Å²) < 4.78 is 4.91. The summed E-state index contributed by atoms with van der Waals surface area (Å²) in [6.07, 6.45) is 3.15. The van der Waals surface area contributed by atoms with Gasteiger partial charge in [0.05, 0.1) is 6.61 Å². The third-order valence-corrected chi connectivity index (χ3v) is 3.16. The van der Waals surface area contributed by atoms with Gasteiger partial charge in [0.1, 0.15) is 0 Å². The predicted molar refractivity (Wildman–Crippen MR) is 74.0 cm³/mol. The van der Waals surface area contributed by atoms with Crippen LogP contribution in [0, 0.1) is 0 Å². The second-order valence-corrected chi connectivity index (χ2v) is 4.58. The third-order valence-electron chi connectivity index (χ3n) is 3.16. The second kappa shape index (κ2) is 6.76. The Kier molecular flexibility index (Phi) is 5.63. The van der Waals surface area contributed by atoms with Crippen LogP contribution in [0.25, 0.3) is 0 Å². The molecule has 1 aromatic carbocycles. The lowest BCUT2D eigenvalue weighted by atomic mass is 10.0. The van der Waals surface area contributed by atoms with Crippen molar-refractivity contribution in [1.82, 2.24) is 0 Å². The molecule has 0 heterocycles. The topological polar surface area (TPSA) is 52.3 Å². The van der Waals surface area contributed by atoms with Gasteiger partial charge in [0, 0.05) is 12.5 Å². The van der Waals surface area contributed by atoms with E-state index in [4.69, 9.17) is 10.5 Å². The van der Waals surface area contributed by atoms with Crippen LogP contribution in [0.5, 0.6) is 0 Å². The molecule has 0 spiro atoms. The van der Waals surface area contributed by atoms with E-state index in [0.717, 1.165) is 19.3 Å². The Morgan fingerprint density at radius 2 is 2.11 bits per heavy atom. The highest BCUT2D eigenvalue weighted by molar-refractivity contribution is 5.85. The number of halogens is 1. The number of carbonyl (C=O) groups is 1. The van der Waals surface area contributed by atoms with Crippen LogP contribution >= 0.6 is 12.4 Å². The molecule has 1 aliphatic rings. The van der Waals surface area contributed by atoms with E-state index in [2.05, 4.69) is 18.2 Å². The summed E-state index contributed by atoms with van der Waals surface area (Å²) in [4.78, 5) is 11.3. The van der Waals surface area contributed by atoms with Gasteiger partial charge in [-0.1, -0.05) is 18.2 Å². The van der Waals surface area contributed by atoms with Crippen LogP contribution in [0.4, 0.5) is 0 Å². The summed E-state index contributed by atoms with van der Waals surface area (Å²) in [6, 6.07) is 6.69. The SMILES string of the molecule is CCOC(=O)CCc1ccc2c(c1)CC(N)C2.Cl. The number of rotatable bonds is 4. The summed E-state index contributed by atoms with van der Waals surface area (Å²) in [5.74, 6) is -0.121. The number of carbonyl (C=O) groups excluding carboxylic acids is 1. The maximum atomic E-state index is 11.3. The summed E-state index contributed by atoms with van der Waals surface area (Å²) >= 11 is 0. The van der Waals surface area contributed by atoms with Gasteiger partial charge >= 0.3 is 5.97 Å². The molecule has 0 amide bonds. The lowest BCUT2D eigenvalue weighted by Crippen LogP contribution is -2.18. The van der Waals surface area contributed by atoms with Crippen molar-refractivity contribution in [3.63, 3.8) is 0 Å². The van der Waals surface area contributed by atoms with Gasteiger partial charge in [-0.25, -0.2) is 0 Å². The van der Waals surface area contributed by atoms with Crippen LogP contribution in [0.3, 0.4) is 0 Å². The normalized spacial score (nSPS) is 16.9. The fraction of sp³-hybridized carbons (Fsp3) is 0.500. The zero-order valence-electron chi connectivity index (χ0n) is 10.6. The van der Waals surface area contributed by atoms with Gasteiger partial charge in [-0.2, -0.15) is 0 Å². The van der Waals surface area contributed by atoms with Gasteiger partial charge < -0.3 is 10.5 Å². The lowest BCUT2D eigenvalue weighted by Gasteiger charge is -2.05. The first-order valence-electron chi connectivity index (χ1n) is 6.21. The number of esters is 1. The standard InChI is InChI=1S/C14H19NO2.ClH/c1-2-17-14(16)6-4-10-3-5-11-8-13(15)9-12(11)7-10;/h3,5,7,13H,2,4,6,8-9,15H2,1H3;1H. The highest BCUT2D eigenvalue weighted by Crippen LogP contribution is 2.22. The zero-order valence-corrected chi connectivity index (χ0v) is 11.5. The van der Waals surface area contributed by atoms with Crippen molar-refractivity contribution in [3.8, 4) is 0 Å². The molecule has 2 N–H and O–H groups in total. The maximum Gasteiger partial charge on any atom is 0.306 e. The summed E-state index contributed by atoms with van der Waals surface area (Å²) in [6.45, 7) is 2.28. The molecule has 0 aromatic heterocycles. The Bertz CT molecular complexity index is 420. The molecule has 1 aliphatic carbocycles. The number of ether oxygens (including phenoxy) is 1. The van der Waals surface area contributed by atoms with E-state index in [-0.39, 0.29) is 24.4 Å². The van der Waals surface area contributed by atoms with Gasteiger partial charge in [0.2, 0.25) is 0 Å². The number of aryl methyl sites for hydroxylation is 1. The molecule has 2 rings (SSSR count). The smallest absolute Gasteiger partial charge is 0.306 e. The van der Waals surface area contributed by atoms with Gasteiger partial charge in [-0.15, -0.1) is 12.4 Å². The molecule has 0 radical (unpaired) electrons. The Hall–Kier alpha value is -1.06. The quantitative estimate of drug-likeness (QED) is 0.851. The molecule has 100 valence electrons. The van der Waals surface area contributed by atoms with Crippen LogP contribution < -0.4 is 5.73 Å². The minimum atomic E-state index is -0.121. The fourth-order valence-electron chi connectivity index (χ4n) is 2.34. The summed E-state index contributed by atoms with van der Waals surface area (Å²) in [7, 11) is 0. The summed E-state index contributed by atoms with van der Waals surface area (Å²) in [5.41, 5.74) is 9.83. The molecule has 0 aliphatic heterocycles. The molecule has 0 bridgehead atoms. The average Bonchev–Trinajstić information content (AvgIpc) is 2.66. The minimum absolute atomic E-state index is 0. The number of hydrogen-bond acceptors (Lipinski definition) is 3. The monoisotopic (exact) mass is 269 g/mol. The molecule has 1 aromatic rings. The molecule has 0 saturated carbocycles. The number of fused-ring (bicyclic) bond motifs is 1. The van der Waals surface area contributed by atoms with Crippen molar-refractivity contribution in [2.75, 3.05) is 6.61 Å². The highest BCUT2D eigenvalue weighted by Gasteiger charge is 2.18. The van der Waals surface area contributed by atoms with E-state index >= 15 is 0 Å².